The zero-order valence-corrected chi connectivity index (χ0v) is 15.5. The van der Waals surface area contributed by atoms with Crippen molar-refractivity contribution in [3.05, 3.63) is 23.9 Å². The first-order valence-electron chi connectivity index (χ1n) is 8.06. The summed E-state index contributed by atoms with van der Waals surface area (Å²) >= 11 is 0. The van der Waals surface area contributed by atoms with Gasteiger partial charge in [-0.2, -0.15) is 0 Å². The number of aromatic nitrogens is 1. The van der Waals surface area contributed by atoms with Crippen LogP contribution in [-0.4, -0.2) is 55.8 Å². The molecule has 8 heteroatoms. The van der Waals surface area contributed by atoms with Crippen molar-refractivity contribution in [3.63, 3.8) is 0 Å². The van der Waals surface area contributed by atoms with Crippen molar-refractivity contribution < 1.29 is 9.53 Å². The molecule has 1 aromatic heterocycles. The lowest BCUT2D eigenvalue weighted by Gasteiger charge is -2.31. The molecule has 2 aliphatic heterocycles. The number of nitrogens with zero attached hydrogens (tertiary/aromatic N) is 2. The molecule has 136 valence electrons. The highest BCUT2D eigenvalue weighted by molar-refractivity contribution is 5.99. The quantitative estimate of drug-likeness (QED) is 0.838. The molecule has 0 aliphatic carbocycles. The predicted molar refractivity (Wildman–Crippen MR) is 99.7 cm³/mol. The molecule has 0 spiro atoms. The fraction of sp³-hybridized carbons (Fsp3) is 0.625. The van der Waals surface area contributed by atoms with E-state index in [1.165, 1.54) is 0 Å². The van der Waals surface area contributed by atoms with Gasteiger partial charge in [-0.05, 0) is 38.4 Å². The van der Waals surface area contributed by atoms with Crippen LogP contribution in [0.3, 0.4) is 0 Å². The maximum Gasteiger partial charge on any atom is 0.255 e. The van der Waals surface area contributed by atoms with Crippen LogP contribution in [-0.2, 0) is 4.74 Å². The Hall–Kier alpha value is -1.08. The molecule has 3 heterocycles. The molecule has 0 saturated carbocycles. The van der Waals surface area contributed by atoms with Gasteiger partial charge in [0.25, 0.3) is 5.91 Å². The van der Waals surface area contributed by atoms with E-state index in [2.05, 4.69) is 27.4 Å². The van der Waals surface area contributed by atoms with E-state index in [9.17, 15) is 4.79 Å². The molecule has 2 atom stereocenters. The van der Waals surface area contributed by atoms with E-state index in [-0.39, 0.29) is 36.8 Å². The average Bonchev–Trinajstić information content (AvgIpc) is 2.56. The Morgan fingerprint density at radius 1 is 1.38 bits per heavy atom. The van der Waals surface area contributed by atoms with Gasteiger partial charge >= 0.3 is 0 Å². The molecule has 2 N–H and O–H groups in total. The van der Waals surface area contributed by atoms with Gasteiger partial charge in [0.1, 0.15) is 5.82 Å². The van der Waals surface area contributed by atoms with E-state index < -0.39 is 0 Å². The first-order chi connectivity index (χ1) is 10.7. The molecule has 0 bridgehead atoms. The lowest BCUT2D eigenvalue weighted by Crippen LogP contribution is -2.47. The molecule has 3 rings (SSSR count). The van der Waals surface area contributed by atoms with E-state index in [0.29, 0.717) is 24.8 Å². The molecule has 2 unspecified atom stereocenters. The molecule has 2 aliphatic rings. The summed E-state index contributed by atoms with van der Waals surface area (Å²) in [7, 11) is 0. The highest BCUT2D eigenvalue weighted by Crippen LogP contribution is 2.19. The Balaban J connectivity index is 0.00000144. The third-order valence-electron chi connectivity index (χ3n) is 4.30. The van der Waals surface area contributed by atoms with Gasteiger partial charge < -0.3 is 20.3 Å². The number of carbonyl (C=O) groups is 1. The standard InChI is InChI=1S/C16H24N4O2.2ClH/c1-12-11-13(4-6-17-12)19-16(21)14-3-2-5-18-15(14)20-7-9-22-10-8-20;;/h2-3,5,12-13,17H,4,6-11H2,1H3,(H,19,21);2*1H. The van der Waals surface area contributed by atoms with Gasteiger partial charge in [0, 0.05) is 31.4 Å². The Kier molecular flexibility index (Phi) is 8.76. The Morgan fingerprint density at radius 2 is 2.12 bits per heavy atom. The second-order valence-electron chi connectivity index (χ2n) is 6.02. The molecule has 2 saturated heterocycles. The van der Waals surface area contributed by atoms with E-state index in [1.807, 2.05) is 12.1 Å². The van der Waals surface area contributed by atoms with E-state index in [1.54, 1.807) is 6.20 Å². The Morgan fingerprint density at radius 3 is 2.83 bits per heavy atom. The van der Waals surface area contributed by atoms with Crippen LogP contribution in [0.15, 0.2) is 18.3 Å². The number of amides is 1. The number of hydrogen-bond donors (Lipinski definition) is 2. The minimum absolute atomic E-state index is 0. The summed E-state index contributed by atoms with van der Waals surface area (Å²) in [6.07, 6.45) is 3.69. The number of anilines is 1. The van der Waals surface area contributed by atoms with Crippen LogP contribution in [0, 0.1) is 0 Å². The third kappa shape index (κ3) is 5.21. The smallest absolute Gasteiger partial charge is 0.255 e. The van der Waals surface area contributed by atoms with Crippen LogP contribution in [0.5, 0.6) is 0 Å². The normalized spacial score (nSPS) is 23.6. The van der Waals surface area contributed by atoms with Gasteiger partial charge in [0.05, 0.1) is 18.8 Å². The molecular weight excluding hydrogens is 351 g/mol. The molecule has 6 nitrogen and oxygen atoms in total. The molecular formula is C16H26Cl2N4O2. The maximum atomic E-state index is 12.7. The number of pyridine rings is 1. The second-order valence-corrected chi connectivity index (χ2v) is 6.02. The summed E-state index contributed by atoms with van der Waals surface area (Å²) in [4.78, 5) is 19.2. The first-order valence-corrected chi connectivity index (χ1v) is 8.06. The molecule has 1 amide bonds. The molecule has 1 aromatic rings. The monoisotopic (exact) mass is 376 g/mol. The van der Waals surface area contributed by atoms with Gasteiger partial charge in [0.15, 0.2) is 0 Å². The van der Waals surface area contributed by atoms with Gasteiger partial charge in [-0.15, -0.1) is 24.8 Å². The number of morpholine rings is 1. The van der Waals surface area contributed by atoms with Crippen molar-refractivity contribution in [2.75, 3.05) is 37.7 Å². The van der Waals surface area contributed by atoms with E-state index >= 15 is 0 Å². The number of rotatable bonds is 3. The van der Waals surface area contributed by atoms with Crippen molar-refractivity contribution >= 4 is 36.5 Å². The largest absolute Gasteiger partial charge is 0.378 e. The zero-order valence-electron chi connectivity index (χ0n) is 13.9. The van der Waals surface area contributed by atoms with Gasteiger partial charge in [-0.3, -0.25) is 4.79 Å². The molecule has 2 fully saturated rings. The lowest BCUT2D eigenvalue weighted by atomic mass is 10.0. The van der Waals surface area contributed by atoms with Crippen molar-refractivity contribution in [3.8, 4) is 0 Å². The zero-order chi connectivity index (χ0) is 15.4. The van der Waals surface area contributed by atoms with E-state index in [0.717, 1.165) is 38.3 Å². The van der Waals surface area contributed by atoms with Crippen LogP contribution < -0.4 is 15.5 Å². The topological polar surface area (TPSA) is 66.5 Å². The highest BCUT2D eigenvalue weighted by atomic mass is 35.5. The number of piperidine rings is 1. The summed E-state index contributed by atoms with van der Waals surface area (Å²) in [5.74, 6) is 0.749. The maximum absolute atomic E-state index is 12.7. The SMILES string of the molecule is CC1CC(NC(=O)c2cccnc2N2CCOCC2)CCN1.Cl.Cl. The Labute approximate surface area is 155 Å². The first kappa shape index (κ1) is 21.0. The van der Waals surface area contributed by atoms with Crippen LogP contribution in [0.2, 0.25) is 0 Å². The van der Waals surface area contributed by atoms with Crippen molar-refractivity contribution in [1.82, 2.24) is 15.6 Å². The van der Waals surface area contributed by atoms with Gasteiger partial charge in [-0.25, -0.2) is 4.98 Å². The van der Waals surface area contributed by atoms with Gasteiger partial charge in [-0.1, -0.05) is 0 Å². The molecule has 0 radical (unpaired) electrons. The van der Waals surface area contributed by atoms with Crippen LogP contribution in [0.4, 0.5) is 5.82 Å². The number of hydrogen-bond acceptors (Lipinski definition) is 5. The molecule has 0 aromatic carbocycles. The summed E-state index contributed by atoms with van der Waals surface area (Å²) in [6, 6.07) is 4.37. The van der Waals surface area contributed by atoms with Crippen molar-refractivity contribution in [1.29, 1.82) is 0 Å². The minimum atomic E-state index is -0.0197. The average molecular weight is 377 g/mol. The number of ether oxygens (including phenoxy) is 1. The summed E-state index contributed by atoms with van der Waals surface area (Å²) in [5, 5.41) is 6.57. The lowest BCUT2D eigenvalue weighted by molar-refractivity contribution is 0.0924. The minimum Gasteiger partial charge on any atom is -0.378 e. The second kappa shape index (κ2) is 10.0. The number of halogens is 2. The fourth-order valence-corrected chi connectivity index (χ4v) is 3.13. The van der Waals surface area contributed by atoms with Gasteiger partial charge in [0.2, 0.25) is 0 Å². The summed E-state index contributed by atoms with van der Waals surface area (Å²) < 4.78 is 5.38. The summed E-state index contributed by atoms with van der Waals surface area (Å²) in [5.41, 5.74) is 0.663. The predicted octanol–water partition coefficient (Wildman–Crippen LogP) is 1.63. The number of carbonyl (C=O) groups excluding carboxylic acids is 1. The van der Waals surface area contributed by atoms with Crippen LogP contribution in [0.1, 0.15) is 30.1 Å². The summed E-state index contributed by atoms with van der Waals surface area (Å²) in [6.45, 7) is 6.03. The Bertz CT molecular complexity index is 527. The van der Waals surface area contributed by atoms with Crippen molar-refractivity contribution in [2.45, 2.75) is 31.8 Å². The van der Waals surface area contributed by atoms with Crippen molar-refractivity contribution in [2.24, 2.45) is 0 Å². The van der Waals surface area contributed by atoms with Crippen LogP contribution in [0.25, 0.3) is 0 Å². The fourth-order valence-electron chi connectivity index (χ4n) is 3.13. The highest BCUT2D eigenvalue weighted by Gasteiger charge is 2.24. The molecule has 24 heavy (non-hydrogen) atoms. The number of nitrogens with one attached hydrogen (secondary N) is 2. The van der Waals surface area contributed by atoms with Crippen LogP contribution >= 0.6 is 24.8 Å². The third-order valence-corrected chi connectivity index (χ3v) is 4.30. The van der Waals surface area contributed by atoms with E-state index in [4.69, 9.17) is 4.74 Å².